The molecule has 0 spiro atoms. The van der Waals surface area contributed by atoms with E-state index >= 15 is 0 Å². The number of halogens is 2. The van der Waals surface area contributed by atoms with Crippen molar-refractivity contribution < 1.29 is 13.6 Å². The molecule has 2 aromatic rings. The second kappa shape index (κ2) is 7.70. The van der Waals surface area contributed by atoms with E-state index in [9.17, 15) is 13.6 Å². The van der Waals surface area contributed by atoms with Gasteiger partial charge < -0.3 is 5.32 Å². The Bertz CT molecular complexity index is 731. The summed E-state index contributed by atoms with van der Waals surface area (Å²) < 4.78 is 27.0. The van der Waals surface area contributed by atoms with E-state index in [1.165, 1.54) is 12.1 Å². The third kappa shape index (κ3) is 4.20. The number of carbonyl (C=O) groups is 1. The van der Waals surface area contributed by atoms with Crippen LogP contribution in [0.25, 0.3) is 0 Å². The van der Waals surface area contributed by atoms with Crippen LogP contribution < -0.4 is 5.32 Å². The normalized spacial score (nSPS) is 17.2. The zero-order chi connectivity index (χ0) is 17.8. The van der Waals surface area contributed by atoms with E-state index < -0.39 is 11.6 Å². The van der Waals surface area contributed by atoms with Gasteiger partial charge in [-0.1, -0.05) is 12.1 Å². The van der Waals surface area contributed by atoms with Gasteiger partial charge in [0.15, 0.2) is 0 Å². The number of anilines is 1. The third-order valence-electron chi connectivity index (χ3n) is 4.78. The summed E-state index contributed by atoms with van der Waals surface area (Å²) in [5.41, 5.74) is 0.484. The van der Waals surface area contributed by atoms with Crippen LogP contribution in [0.2, 0.25) is 0 Å². The first-order chi connectivity index (χ1) is 12.0. The topological polar surface area (TPSA) is 45.2 Å². The zero-order valence-electron chi connectivity index (χ0n) is 14.1. The average Bonchev–Trinajstić information content (AvgIpc) is 2.62. The van der Waals surface area contributed by atoms with Crippen LogP contribution in [0, 0.1) is 17.6 Å². The van der Waals surface area contributed by atoms with Gasteiger partial charge in [0.1, 0.15) is 17.5 Å². The summed E-state index contributed by atoms with van der Waals surface area (Å²) in [4.78, 5) is 18.6. The number of likely N-dealkylation sites (tertiary alicyclic amines) is 1. The molecule has 1 aliphatic heterocycles. The summed E-state index contributed by atoms with van der Waals surface area (Å²) in [5, 5.41) is 2.83. The minimum atomic E-state index is -0.571. The molecule has 0 aliphatic carbocycles. The molecule has 1 N–H and O–H groups in total. The second-order valence-electron chi connectivity index (χ2n) is 6.36. The van der Waals surface area contributed by atoms with Crippen LogP contribution in [0.3, 0.4) is 0 Å². The summed E-state index contributed by atoms with van der Waals surface area (Å²) in [6.45, 7) is 3.29. The largest absolute Gasteiger partial charge is 0.310 e. The lowest BCUT2D eigenvalue weighted by atomic mass is 9.93. The molecule has 132 valence electrons. The number of hydrogen-bond donors (Lipinski definition) is 1. The molecule has 2 heterocycles. The van der Waals surface area contributed by atoms with Crippen molar-refractivity contribution in [3.63, 3.8) is 0 Å². The standard InChI is InChI=1S/C19H21F2N3O/c1-13(16-6-5-15(20)12-17(16)21)24-10-7-14(8-11-24)19(25)23-18-4-2-3-9-22-18/h2-6,9,12-14H,7-8,10-11H2,1H3,(H,22,23,25). The predicted octanol–water partition coefficient (Wildman–Crippen LogP) is 3.77. The maximum atomic E-state index is 14.0. The Morgan fingerprint density at radius 3 is 2.64 bits per heavy atom. The van der Waals surface area contributed by atoms with Crippen molar-refractivity contribution in [1.82, 2.24) is 9.88 Å². The van der Waals surface area contributed by atoms with Crippen LogP contribution >= 0.6 is 0 Å². The quantitative estimate of drug-likeness (QED) is 0.917. The Morgan fingerprint density at radius 2 is 2.00 bits per heavy atom. The molecule has 1 fully saturated rings. The Morgan fingerprint density at radius 1 is 1.24 bits per heavy atom. The van der Waals surface area contributed by atoms with Crippen LogP contribution in [0.4, 0.5) is 14.6 Å². The number of piperidine rings is 1. The molecule has 25 heavy (non-hydrogen) atoms. The van der Waals surface area contributed by atoms with Gasteiger partial charge in [0.2, 0.25) is 5.91 Å². The first-order valence-electron chi connectivity index (χ1n) is 8.45. The first kappa shape index (κ1) is 17.5. The number of rotatable bonds is 4. The highest BCUT2D eigenvalue weighted by Gasteiger charge is 2.28. The smallest absolute Gasteiger partial charge is 0.228 e. The summed E-state index contributed by atoms with van der Waals surface area (Å²) >= 11 is 0. The predicted molar refractivity (Wildman–Crippen MR) is 91.9 cm³/mol. The van der Waals surface area contributed by atoms with Crippen LogP contribution in [0.15, 0.2) is 42.6 Å². The van der Waals surface area contributed by atoms with E-state index in [4.69, 9.17) is 0 Å². The number of benzene rings is 1. The van der Waals surface area contributed by atoms with Crippen LogP contribution in [0.1, 0.15) is 31.4 Å². The molecule has 3 rings (SSSR count). The molecule has 0 saturated carbocycles. The van der Waals surface area contributed by atoms with Gasteiger partial charge in [-0.3, -0.25) is 9.69 Å². The van der Waals surface area contributed by atoms with E-state index in [1.54, 1.807) is 18.3 Å². The minimum Gasteiger partial charge on any atom is -0.310 e. The van der Waals surface area contributed by atoms with Crippen LogP contribution in [-0.4, -0.2) is 28.9 Å². The van der Waals surface area contributed by atoms with E-state index in [2.05, 4.69) is 15.2 Å². The van der Waals surface area contributed by atoms with Crippen molar-refractivity contribution >= 4 is 11.7 Å². The molecule has 1 atom stereocenters. The first-order valence-corrected chi connectivity index (χ1v) is 8.45. The Labute approximate surface area is 145 Å². The van der Waals surface area contributed by atoms with Crippen molar-refractivity contribution in [2.45, 2.75) is 25.8 Å². The average molecular weight is 345 g/mol. The number of nitrogens with one attached hydrogen (secondary N) is 1. The molecule has 1 aromatic heterocycles. The number of carbonyl (C=O) groups excluding carboxylic acids is 1. The summed E-state index contributed by atoms with van der Waals surface area (Å²) in [6.07, 6.45) is 3.04. The summed E-state index contributed by atoms with van der Waals surface area (Å²) in [6, 6.07) is 8.91. The van der Waals surface area contributed by atoms with Gasteiger partial charge in [-0.25, -0.2) is 13.8 Å². The summed E-state index contributed by atoms with van der Waals surface area (Å²) in [7, 11) is 0. The van der Waals surface area contributed by atoms with Gasteiger partial charge in [0, 0.05) is 29.8 Å². The van der Waals surface area contributed by atoms with Gasteiger partial charge in [0.05, 0.1) is 0 Å². The number of amides is 1. The Kier molecular flexibility index (Phi) is 5.38. The van der Waals surface area contributed by atoms with Crippen molar-refractivity contribution in [1.29, 1.82) is 0 Å². The highest BCUT2D eigenvalue weighted by molar-refractivity contribution is 5.91. The van der Waals surface area contributed by atoms with Gasteiger partial charge in [0.25, 0.3) is 0 Å². The number of nitrogens with zero attached hydrogens (tertiary/aromatic N) is 2. The van der Waals surface area contributed by atoms with Crippen molar-refractivity contribution in [2.75, 3.05) is 18.4 Å². The van der Waals surface area contributed by atoms with E-state index in [-0.39, 0.29) is 17.9 Å². The molecule has 0 bridgehead atoms. The van der Waals surface area contributed by atoms with E-state index in [0.717, 1.165) is 6.07 Å². The fraction of sp³-hybridized carbons (Fsp3) is 0.368. The maximum Gasteiger partial charge on any atom is 0.228 e. The molecule has 1 saturated heterocycles. The van der Waals surface area contributed by atoms with E-state index in [0.29, 0.717) is 37.3 Å². The zero-order valence-corrected chi connectivity index (χ0v) is 14.1. The molecule has 1 unspecified atom stereocenters. The number of pyridine rings is 1. The van der Waals surface area contributed by atoms with Crippen molar-refractivity contribution in [2.24, 2.45) is 5.92 Å². The minimum absolute atomic E-state index is 0.0287. The van der Waals surface area contributed by atoms with Gasteiger partial charge in [-0.05, 0) is 51.1 Å². The van der Waals surface area contributed by atoms with Gasteiger partial charge in [-0.15, -0.1) is 0 Å². The third-order valence-corrected chi connectivity index (χ3v) is 4.78. The maximum absolute atomic E-state index is 14.0. The molecular weight excluding hydrogens is 324 g/mol. The fourth-order valence-corrected chi connectivity index (χ4v) is 3.25. The molecule has 1 aromatic carbocycles. The Hall–Kier alpha value is -2.34. The fourth-order valence-electron chi connectivity index (χ4n) is 3.25. The lowest BCUT2D eigenvalue weighted by Crippen LogP contribution is -2.39. The molecule has 1 aliphatic rings. The SMILES string of the molecule is CC(c1ccc(F)cc1F)N1CCC(C(=O)Nc2ccccn2)CC1. The van der Waals surface area contributed by atoms with Crippen LogP contribution in [0.5, 0.6) is 0 Å². The highest BCUT2D eigenvalue weighted by atomic mass is 19.1. The van der Waals surface area contributed by atoms with Gasteiger partial charge in [-0.2, -0.15) is 0 Å². The molecule has 1 amide bonds. The molecular formula is C19H21F2N3O. The number of aromatic nitrogens is 1. The lowest BCUT2D eigenvalue weighted by molar-refractivity contribution is -0.121. The summed E-state index contributed by atoms with van der Waals surface area (Å²) in [5.74, 6) is -0.653. The van der Waals surface area contributed by atoms with Crippen LogP contribution in [-0.2, 0) is 4.79 Å². The Balaban J connectivity index is 1.57. The van der Waals surface area contributed by atoms with Gasteiger partial charge >= 0.3 is 0 Å². The second-order valence-corrected chi connectivity index (χ2v) is 6.36. The molecule has 6 heteroatoms. The van der Waals surface area contributed by atoms with Crippen molar-refractivity contribution in [3.05, 3.63) is 59.8 Å². The molecule has 4 nitrogen and oxygen atoms in total. The number of hydrogen-bond acceptors (Lipinski definition) is 3. The lowest BCUT2D eigenvalue weighted by Gasteiger charge is -2.35. The van der Waals surface area contributed by atoms with Crippen molar-refractivity contribution in [3.8, 4) is 0 Å². The monoisotopic (exact) mass is 345 g/mol. The highest BCUT2D eigenvalue weighted by Crippen LogP contribution is 2.28. The molecule has 0 radical (unpaired) electrons. The van der Waals surface area contributed by atoms with E-state index in [1.807, 2.05) is 13.0 Å².